The first-order valence-corrected chi connectivity index (χ1v) is 3.35. The van der Waals surface area contributed by atoms with Gasteiger partial charge in [0.1, 0.15) is 5.82 Å². The second-order valence-electron chi connectivity index (χ2n) is 2.23. The van der Waals surface area contributed by atoms with Crippen LogP contribution >= 0.6 is 0 Å². The molecule has 0 saturated carbocycles. The number of halogens is 1. The number of rotatable bonds is 2. The molecule has 0 unspecified atom stereocenters. The SMILES string of the molecule is O=C(O)/C=C\c1cccc(F)c1. The maximum Gasteiger partial charge on any atom is 0.328 e. The molecule has 0 amide bonds. The highest BCUT2D eigenvalue weighted by atomic mass is 19.1. The molecule has 12 heavy (non-hydrogen) atoms. The molecule has 0 saturated heterocycles. The minimum atomic E-state index is -1.04. The Balaban J connectivity index is 2.83. The van der Waals surface area contributed by atoms with E-state index in [1.165, 1.54) is 24.3 Å². The first-order valence-electron chi connectivity index (χ1n) is 3.35. The molecule has 0 spiro atoms. The molecule has 2 nitrogen and oxygen atoms in total. The van der Waals surface area contributed by atoms with Gasteiger partial charge in [-0.15, -0.1) is 0 Å². The van der Waals surface area contributed by atoms with Crippen molar-refractivity contribution < 1.29 is 14.3 Å². The summed E-state index contributed by atoms with van der Waals surface area (Å²) in [5.74, 6) is -1.41. The van der Waals surface area contributed by atoms with E-state index in [0.717, 1.165) is 6.08 Å². The Bertz CT molecular complexity index is 318. The lowest BCUT2D eigenvalue weighted by Crippen LogP contribution is -1.85. The van der Waals surface area contributed by atoms with Crippen molar-refractivity contribution in [3.63, 3.8) is 0 Å². The van der Waals surface area contributed by atoms with Crippen molar-refractivity contribution in [1.82, 2.24) is 0 Å². The van der Waals surface area contributed by atoms with E-state index < -0.39 is 5.97 Å². The van der Waals surface area contributed by atoms with Gasteiger partial charge in [0.05, 0.1) is 0 Å². The standard InChI is InChI=1S/C9H7FO2/c10-8-3-1-2-7(6-8)4-5-9(11)12/h1-6H,(H,11,12)/b5-4-. The van der Waals surface area contributed by atoms with E-state index in [2.05, 4.69) is 0 Å². The van der Waals surface area contributed by atoms with Gasteiger partial charge in [-0.25, -0.2) is 9.18 Å². The van der Waals surface area contributed by atoms with Crippen LogP contribution in [0.4, 0.5) is 4.39 Å². The van der Waals surface area contributed by atoms with Crippen LogP contribution in [0.1, 0.15) is 5.56 Å². The molecule has 1 aromatic carbocycles. The largest absolute Gasteiger partial charge is 0.478 e. The van der Waals surface area contributed by atoms with Gasteiger partial charge in [0.15, 0.2) is 0 Å². The molecule has 0 atom stereocenters. The summed E-state index contributed by atoms with van der Waals surface area (Å²) in [7, 11) is 0. The normalized spacial score (nSPS) is 10.4. The zero-order valence-electron chi connectivity index (χ0n) is 6.20. The van der Waals surface area contributed by atoms with Gasteiger partial charge < -0.3 is 5.11 Å². The second kappa shape index (κ2) is 3.67. The smallest absolute Gasteiger partial charge is 0.328 e. The Hall–Kier alpha value is -1.64. The number of aliphatic carboxylic acids is 1. The Morgan fingerprint density at radius 1 is 1.50 bits per heavy atom. The van der Waals surface area contributed by atoms with Crippen molar-refractivity contribution >= 4 is 12.0 Å². The minimum absolute atomic E-state index is 0.373. The molecule has 0 aliphatic carbocycles. The van der Waals surface area contributed by atoms with Crippen molar-refractivity contribution in [2.45, 2.75) is 0 Å². The summed E-state index contributed by atoms with van der Waals surface area (Å²) in [5, 5.41) is 8.26. The fourth-order valence-electron chi connectivity index (χ4n) is 0.778. The first kappa shape index (κ1) is 8.46. The van der Waals surface area contributed by atoms with Crippen LogP contribution in [0.25, 0.3) is 6.08 Å². The number of benzene rings is 1. The summed E-state index contributed by atoms with van der Waals surface area (Å²) >= 11 is 0. The highest BCUT2D eigenvalue weighted by Crippen LogP contribution is 2.04. The highest BCUT2D eigenvalue weighted by molar-refractivity contribution is 5.85. The molecule has 1 rings (SSSR count). The van der Waals surface area contributed by atoms with E-state index in [-0.39, 0.29) is 5.82 Å². The van der Waals surface area contributed by atoms with Crippen LogP contribution in [0.15, 0.2) is 30.3 Å². The van der Waals surface area contributed by atoms with Crippen molar-refractivity contribution in [1.29, 1.82) is 0 Å². The Kier molecular flexibility index (Phi) is 2.58. The van der Waals surface area contributed by atoms with Crippen LogP contribution in [0.3, 0.4) is 0 Å². The quantitative estimate of drug-likeness (QED) is 0.681. The number of hydrogen-bond donors (Lipinski definition) is 1. The predicted molar refractivity (Wildman–Crippen MR) is 43.1 cm³/mol. The molecule has 0 fully saturated rings. The van der Waals surface area contributed by atoms with Gasteiger partial charge in [-0.05, 0) is 23.8 Å². The molecule has 0 aliphatic rings. The van der Waals surface area contributed by atoms with Crippen LogP contribution < -0.4 is 0 Å². The van der Waals surface area contributed by atoms with E-state index in [4.69, 9.17) is 5.11 Å². The average molecular weight is 166 g/mol. The zero-order chi connectivity index (χ0) is 8.97. The third-order valence-electron chi connectivity index (χ3n) is 1.27. The number of carboxylic acid groups (broad SMARTS) is 1. The van der Waals surface area contributed by atoms with Crippen molar-refractivity contribution in [2.24, 2.45) is 0 Å². The fraction of sp³-hybridized carbons (Fsp3) is 0. The van der Waals surface area contributed by atoms with Crippen molar-refractivity contribution in [2.75, 3.05) is 0 Å². The number of carbonyl (C=O) groups is 1. The highest BCUT2D eigenvalue weighted by Gasteiger charge is 1.91. The van der Waals surface area contributed by atoms with E-state index in [9.17, 15) is 9.18 Å². The van der Waals surface area contributed by atoms with E-state index in [0.29, 0.717) is 5.56 Å². The third-order valence-corrected chi connectivity index (χ3v) is 1.27. The predicted octanol–water partition coefficient (Wildman–Crippen LogP) is 1.92. The van der Waals surface area contributed by atoms with Gasteiger partial charge in [-0.2, -0.15) is 0 Å². The Morgan fingerprint density at radius 3 is 2.83 bits per heavy atom. The number of carboxylic acids is 1. The summed E-state index contributed by atoms with van der Waals surface area (Å²) < 4.78 is 12.5. The molecule has 0 aliphatic heterocycles. The molecule has 0 heterocycles. The maximum absolute atomic E-state index is 12.5. The maximum atomic E-state index is 12.5. The molecular formula is C9H7FO2. The molecule has 0 radical (unpaired) electrons. The summed E-state index contributed by atoms with van der Waals surface area (Å²) in [6.07, 6.45) is 2.31. The van der Waals surface area contributed by atoms with Crippen molar-refractivity contribution in [3.8, 4) is 0 Å². The van der Waals surface area contributed by atoms with Gasteiger partial charge in [0.2, 0.25) is 0 Å². The first-order chi connectivity index (χ1) is 5.68. The van der Waals surface area contributed by atoms with Crippen LogP contribution in [0, 0.1) is 5.82 Å². The van der Waals surface area contributed by atoms with E-state index in [1.54, 1.807) is 6.07 Å². The third kappa shape index (κ3) is 2.54. The van der Waals surface area contributed by atoms with Gasteiger partial charge in [-0.1, -0.05) is 12.1 Å². The lowest BCUT2D eigenvalue weighted by Gasteiger charge is -1.91. The van der Waals surface area contributed by atoms with Gasteiger partial charge in [0, 0.05) is 6.08 Å². The molecule has 62 valence electrons. The topological polar surface area (TPSA) is 37.3 Å². The van der Waals surface area contributed by atoms with Crippen LogP contribution in [-0.2, 0) is 4.79 Å². The summed E-state index contributed by atoms with van der Waals surface area (Å²) in [5.41, 5.74) is 0.539. The van der Waals surface area contributed by atoms with Crippen LogP contribution in [0.2, 0.25) is 0 Å². The Morgan fingerprint density at radius 2 is 2.25 bits per heavy atom. The zero-order valence-corrected chi connectivity index (χ0v) is 6.20. The van der Waals surface area contributed by atoms with E-state index in [1.807, 2.05) is 0 Å². The molecular weight excluding hydrogens is 159 g/mol. The summed E-state index contributed by atoms with van der Waals surface area (Å²) in [6.45, 7) is 0. The average Bonchev–Trinajstić information content (AvgIpc) is 2.01. The van der Waals surface area contributed by atoms with Crippen LogP contribution in [-0.4, -0.2) is 11.1 Å². The lowest BCUT2D eigenvalue weighted by molar-refractivity contribution is -0.131. The molecule has 3 heteroatoms. The summed E-state index contributed by atoms with van der Waals surface area (Å²) in [6, 6.07) is 5.72. The van der Waals surface area contributed by atoms with Gasteiger partial charge in [-0.3, -0.25) is 0 Å². The lowest BCUT2D eigenvalue weighted by atomic mass is 10.2. The molecule has 0 aromatic heterocycles. The molecule has 1 aromatic rings. The van der Waals surface area contributed by atoms with Gasteiger partial charge in [0.25, 0.3) is 0 Å². The monoisotopic (exact) mass is 166 g/mol. The minimum Gasteiger partial charge on any atom is -0.478 e. The second-order valence-corrected chi connectivity index (χ2v) is 2.23. The number of hydrogen-bond acceptors (Lipinski definition) is 1. The van der Waals surface area contributed by atoms with Gasteiger partial charge >= 0.3 is 5.97 Å². The van der Waals surface area contributed by atoms with E-state index >= 15 is 0 Å². The van der Waals surface area contributed by atoms with Crippen molar-refractivity contribution in [3.05, 3.63) is 41.7 Å². The fourth-order valence-corrected chi connectivity index (χ4v) is 0.778. The Labute approximate surface area is 69.0 Å². The molecule has 0 bridgehead atoms. The van der Waals surface area contributed by atoms with Crippen LogP contribution in [0.5, 0.6) is 0 Å². The molecule has 1 N–H and O–H groups in total. The summed E-state index contributed by atoms with van der Waals surface area (Å²) in [4.78, 5) is 10.1.